The van der Waals surface area contributed by atoms with Gasteiger partial charge < -0.3 is 31.5 Å². The quantitative estimate of drug-likeness (QED) is 0.350. The molecule has 0 saturated heterocycles. The number of carbonyl (C=O) groups excluding carboxylic acids is 1. The summed E-state index contributed by atoms with van der Waals surface area (Å²) in [4.78, 5) is 22.7. The minimum atomic E-state index is -1.26. The van der Waals surface area contributed by atoms with Crippen LogP contribution in [0.4, 0.5) is 0 Å². The van der Waals surface area contributed by atoms with Crippen molar-refractivity contribution < 1.29 is 30.0 Å². The van der Waals surface area contributed by atoms with Gasteiger partial charge in [0, 0.05) is 13.0 Å². The first kappa shape index (κ1) is 16.7. The van der Waals surface area contributed by atoms with Gasteiger partial charge in [0.25, 0.3) is 0 Å². The molecule has 1 aromatic carbocycles. The summed E-state index contributed by atoms with van der Waals surface area (Å²) < 4.78 is 0. The molecule has 0 aliphatic rings. The predicted octanol–water partition coefficient (Wildman–Crippen LogP) is -1.08. The Hall–Kier alpha value is -2.32. The maximum absolute atomic E-state index is 11.8. The first-order valence-corrected chi connectivity index (χ1v) is 6.25. The largest absolute Gasteiger partial charge is 0.504 e. The summed E-state index contributed by atoms with van der Waals surface area (Å²) in [6.45, 7) is -0.377. The summed E-state index contributed by atoms with van der Waals surface area (Å²) >= 11 is 0. The molecule has 0 aromatic heterocycles. The van der Waals surface area contributed by atoms with Gasteiger partial charge in [-0.1, -0.05) is 6.07 Å². The van der Waals surface area contributed by atoms with Gasteiger partial charge in [-0.2, -0.15) is 0 Å². The maximum Gasteiger partial charge on any atom is 0.326 e. The highest BCUT2D eigenvalue weighted by atomic mass is 16.4. The number of hydrogen-bond acceptors (Lipinski definition) is 6. The Balaban J connectivity index is 2.65. The second kappa shape index (κ2) is 7.46. The molecule has 1 amide bonds. The highest BCUT2D eigenvalue weighted by molar-refractivity contribution is 5.87. The van der Waals surface area contributed by atoms with Crippen LogP contribution in [0.2, 0.25) is 0 Å². The fourth-order valence-electron chi connectivity index (χ4n) is 1.71. The molecule has 0 spiro atoms. The van der Waals surface area contributed by atoms with Crippen molar-refractivity contribution in [3.8, 4) is 11.5 Å². The van der Waals surface area contributed by atoms with Gasteiger partial charge in [-0.3, -0.25) is 4.79 Å². The van der Waals surface area contributed by atoms with E-state index >= 15 is 0 Å². The lowest BCUT2D eigenvalue weighted by Gasteiger charge is -2.17. The van der Waals surface area contributed by atoms with Crippen molar-refractivity contribution in [2.75, 3.05) is 6.61 Å². The molecule has 116 valence electrons. The predicted molar refractivity (Wildman–Crippen MR) is 72.7 cm³/mol. The van der Waals surface area contributed by atoms with Crippen molar-refractivity contribution in [3.05, 3.63) is 23.8 Å². The van der Waals surface area contributed by atoms with Gasteiger partial charge in [0.15, 0.2) is 11.5 Å². The number of aliphatic hydroxyl groups is 1. The molecule has 0 aliphatic carbocycles. The van der Waals surface area contributed by atoms with Crippen LogP contribution in [-0.4, -0.2) is 51.0 Å². The molecule has 0 bridgehead atoms. The molecule has 1 rings (SSSR count). The Bertz CT molecular complexity index is 519. The number of aromatic hydroxyl groups is 2. The number of rotatable bonds is 7. The monoisotopic (exact) mass is 298 g/mol. The van der Waals surface area contributed by atoms with E-state index in [9.17, 15) is 19.8 Å². The Morgan fingerprint density at radius 1 is 1.24 bits per heavy atom. The third kappa shape index (κ3) is 4.93. The van der Waals surface area contributed by atoms with Crippen molar-refractivity contribution in [1.82, 2.24) is 5.32 Å². The standard InChI is InChI=1S/C13H18N2O6/c14-8(5-7-1-2-10(17)11(18)6-7)12(19)15-9(3-4-16)13(20)21/h1-2,6,8-9,16-18H,3-5,14H2,(H,15,19)(H,20,21)/t8-,9+/m0/s1. The number of hydrogen-bond donors (Lipinski definition) is 6. The molecule has 7 N–H and O–H groups in total. The molecule has 0 heterocycles. The zero-order chi connectivity index (χ0) is 16.0. The summed E-state index contributed by atoms with van der Waals surface area (Å²) in [6.07, 6.45) is -0.0566. The van der Waals surface area contributed by atoms with Crippen molar-refractivity contribution >= 4 is 11.9 Å². The van der Waals surface area contributed by atoms with Crippen LogP contribution in [0.3, 0.4) is 0 Å². The van der Waals surface area contributed by atoms with Crippen molar-refractivity contribution in [2.24, 2.45) is 5.73 Å². The highest BCUT2D eigenvalue weighted by Gasteiger charge is 2.23. The summed E-state index contributed by atoms with van der Waals surface area (Å²) in [7, 11) is 0. The normalized spacial score (nSPS) is 13.4. The molecule has 0 aliphatic heterocycles. The summed E-state index contributed by atoms with van der Waals surface area (Å²) in [5, 5.41) is 38.3. The lowest BCUT2D eigenvalue weighted by atomic mass is 10.0. The molecule has 2 atom stereocenters. The van der Waals surface area contributed by atoms with Crippen LogP contribution in [0.1, 0.15) is 12.0 Å². The van der Waals surface area contributed by atoms with E-state index < -0.39 is 24.0 Å². The van der Waals surface area contributed by atoms with Crippen LogP contribution in [0, 0.1) is 0 Å². The van der Waals surface area contributed by atoms with Gasteiger partial charge in [-0.05, 0) is 24.1 Å². The minimum Gasteiger partial charge on any atom is -0.504 e. The zero-order valence-electron chi connectivity index (χ0n) is 11.2. The van der Waals surface area contributed by atoms with Gasteiger partial charge in [0.2, 0.25) is 5.91 Å². The molecular formula is C13H18N2O6. The zero-order valence-corrected chi connectivity index (χ0v) is 11.2. The average molecular weight is 298 g/mol. The van der Waals surface area contributed by atoms with Gasteiger partial charge in [0.1, 0.15) is 6.04 Å². The molecule has 21 heavy (non-hydrogen) atoms. The number of phenolic OH excluding ortho intramolecular Hbond substituents is 2. The van der Waals surface area contributed by atoms with Crippen LogP contribution in [0.5, 0.6) is 11.5 Å². The summed E-state index contributed by atoms with van der Waals surface area (Å²) in [6, 6.07) is 1.80. The number of nitrogens with two attached hydrogens (primary N) is 1. The number of aliphatic carboxylic acids is 1. The Labute approximate surface area is 120 Å². The van der Waals surface area contributed by atoms with Crippen molar-refractivity contribution in [1.29, 1.82) is 0 Å². The molecule has 0 saturated carbocycles. The molecule has 8 heteroatoms. The Morgan fingerprint density at radius 2 is 1.90 bits per heavy atom. The lowest BCUT2D eigenvalue weighted by molar-refractivity contribution is -0.142. The van der Waals surface area contributed by atoms with Gasteiger partial charge >= 0.3 is 5.97 Å². The van der Waals surface area contributed by atoms with Gasteiger partial charge in [0.05, 0.1) is 6.04 Å². The second-order valence-electron chi connectivity index (χ2n) is 4.55. The number of aliphatic hydroxyl groups excluding tert-OH is 1. The number of phenols is 2. The SMILES string of the molecule is N[C@@H](Cc1ccc(O)c(O)c1)C(=O)N[C@H](CCO)C(=O)O. The number of benzene rings is 1. The third-order valence-corrected chi connectivity index (χ3v) is 2.86. The molecule has 0 fully saturated rings. The first-order chi connectivity index (χ1) is 9.85. The number of carbonyl (C=O) groups is 2. The van der Waals surface area contributed by atoms with Gasteiger partial charge in [-0.15, -0.1) is 0 Å². The van der Waals surface area contributed by atoms with Crippen LogP contribution in [0.25, 0.3) is 0 Å². The molecule has 1 aromatic rings. The number of carboxylic acid groups (broad SMARTS) is 1. The molecule has 8 nitrogen and oxygen atoms in total. The first-order valence-electron chi connectivity index (χ1n) is 6.25. The van der Waals surface area contributed by atoms with Crippen LogP contribution < -0.4 is 11.1 Å². The molecule has 0 unspecified atom stereocenters. The second-order valence-corrected chi connectivity index (χ2v) is 4.55. The van der Waals surface area contributed by atoms with Crippen molar-refractivity contribution in [2.45, 2.75) is 24.9 Å². The van der Waals surface area contributed by atoms with E-state index in [-0.39, 0.29) is 30.9 Å². The van der Waals surface area contributed by atoms with E-state index in [4.69, 9.17) is 15.9 Å². The van der Waals surface area contributed by atoms with E-state index in [1.165, 1.54) is 18.2 Å². The van der Waals surface area contributed by atoms with E-state index in [1.54, 1.807) is 0 Å². The van der Waals surface area contributed by atoms with Crippen LogP contribution in [-0.2, 0) is 16.0 Å². The average Bonchev–Trinajstić information content (AvgIpc) is 2.42. The lowest BCUT2D eigenvalue weighted by Crippen LogP contribution is -2.49. The van der Waals surface area contributed by atoms with Crippen LogP contribution in [0.15, 0.2) is 18.2 Å². The number of carboxylic acids is 1. The van der Waals surface area contributed by atoms with E-state index in [0.717, 1.165) is 0 Å². The van der Waals surface area contributed by atoms with E-state index in [2.05, 4.69) is 5.32 Å². The topological polar surface area (TPSA) is 153 Å². The van der Waals surface area contributed by atoms with Crippen LogP contribution >= 0.6 is 0 Å². The number of amides is 1. The third-order valence-electron chi connectivity index (χ3n) is 2.86. The number of nitrogens with one attached hydrogen (secondary N) is 1. The fraction of sp³-hybridized carbons (Fsp3) is 0.385. The summed E-state index contributed by atoms with van der Waals surface area (Å²) in [5.41, 5.74) is 6.19. The molecule has 0 radical (unpaired) electrons. The van der Waals surface area contributed by atoms with E-state index in [0.29, 0.717) is 5.56 Å². The van der Waals surface area contributed by atoms with Gasteiger partial charge in [-0.25, -0.2) is 4.79 Å². The maximum atomic E-state index is 11.8. The summed E-state index contributed by atoms with van der Waals surface area (Å²) in [5.74, 6) is -2.55. The minimum absolute atomic E-state index is 0.0607. The Morgan fingerprint density at radius 3 is 2.43 bits per heavy atom. The highest BCUT2D eigenvalue weighted by Crippen LogP contribution is 2.25. The Kier molecular flexibility index (Phi) is 5.94. The van der Waals surface area contributed by atoms with E-state index in [1.807, 2.05) is 0 Å². The smallest absolute Gasteiger partial charge is 0.326 e. The molecular weight excluding hydrogens is 280 g/mol. The fourth-order valence-corrected chi connectivity index (χ4v) is 1.71. The van der Waals surface area contributed by atoms with Crippen molar-refractivity contribution in [3.63, 3.8) is 0 Å².